The summed E-state index contributed by atoms with van der Waals surface area (Å²) in [7, 11) is 0. The minimum Gasteiger partial charge on any atom is -0.0884 e. The molecule has 0 aromatic heterocycles. The Labute approximate surface area is 71.7 Å². The average Bonchev–Trinajstić information content (AvgIpc) is 1.98. The van der Waals surface area contributed by atoms with Gasteiger partial charge >= 0.3 is 0 Å². The Bertz CT molecular complexity index is 120. The van der Waals surface area contributed by atoms with Crippen LogP contribution in [0.15, 0.2) is 11.6 Å². The zero-order valence-electron chi connectivity index (χ0n) is 8.65. The van der Waals surface area contributed by atoms with Crippen molar-refractivity contribution in [2.24, 2.45) is 11.8 Å². The van der Waals surface area contributed by atoms with Gasteiger partial charge in [0.1, 0.15) is 0 Å². The van der Waals surface area contributed by atoms with E-state index in [1.807, 2.05) is 0 Å². The lowest BCUT2D eigenvalue weighted by Crippen LogP contribution is -2.09. The first kappa shape index (κ1) is 10.7. The van der Waals surface area contributed by atoms with Crippen molar-refractivity contribution in [1.82, 2.24) is 0 Å². The summed E-state index contributed by atoms with van der Waals surface area (Å²) in [6, 6.07) is 0. The smallest absolute Gasteiger partial charge is 0.0183 e. The molecule has 0 radical (unpaired) electrons. The molecule has 66 valence electrons. The Hall–Kier alpha value is -0.260. The molecule has 0 bridgehead atoms. The fraction of sp³-hybridized carbons (Fsp3) is 0.818. The molecule has 0 rings (SSSR count). The van der Waals surface area contributed by atoms with Crippen LogP contribution in [0.1, 0.15) is 47.5 Å². The number of rotatable bonds is 4. The van der Waals surface area contributed by atoms with Crippen LogP contribution in [0.5, 0.6) is 0 Å². The van der Waals surface area contributed by atoms with Crippen molar-refractivity contribution in [3.8, 4) is 0 Å². The van der Waals surface area contributed by atoms with Crippen LogP contribution in [0, 0.1) is 11.8 Å². The van der Waals surface area contributed by atoms with E-state index in [0.29, 0.717) is 0 Å². The van der Waals surface area contributed by atoms with Gasteiger partial charge in [-0.25, -0.2) is 0 Å². The quantitative estimate of drug-likeness (QED) is 0.536. The van der Waals surface area contributed by atoms with Gasteiger partial charge in [-0.05, 0) is 32.1 Å². The standard InChI is InChI=1S/C11H22/c1-6-8-11(9(3)4)10(5)7-2/h7,9,11H,6,8H2,1-5H3/b10-7-. The third-order valence-electron chi connectivity index (χ3n) is 2.44. The van der Waals surface area contributed by atoms with Gasteiger partial charge in [-0.3, -0.25) is 0 Å². The second kappa shape index (κ2) is 5.40. The second-order valence-corrected chi connectivity index (χ2v) is 3.67. The largest absolute Gasteiger partial charge is 0.0884 e. The first-order valence-corrected chi connectivity index (χ1v) is 4.76. The van der Waals surface area contributed by atoms with Gasteiger partial charge in [0.15, 0.2) is 0 Å². The predicted octanol–water partition coefficient (Wildman–Crippen LogP) is 4.02. The van der Waals surface area contributed by atoms with Crippen LogP contribution < -0.4 is 0 Å². The van der Waals surface area contributed by atoms with E-state index in [4.69, 9.17) is 0 Å². The van der Waals surface area contributed by atoms with Crippen LogP contribution in [0.4, 0.5) is 0 Å². The third kappa shape index (κ3) is 3.60. The molecule has 11 heavy (non-hydrogen) atoms. The van der Waals surface area contributed by atoms with Crippen molar-refractivity contribution < 1.29 is 0 Å². The second-order valence-electron chi connectivity index (χ2n) is 3.67. The highest BCUT2D eigenvalue weighted by Crippen LogP contribution is 2.24. The number of hydrogen-bond acceptors (Lipinski definition) is 0. The maximum Gasteiger partial charge on any atom is -0.0183 e. The van der Waals surface area contributed by atoms with Gasteiger partial charge in [-0.1, -0.05) is 38.8 Å². The van der Waals surface area contributed by atoms with Crippen molar-refractivity contribution in [2.45, 2.75) is 47.5 Å². The lowest BCUT2D eigenvalue weighted by Gasteiger charge is -2.20. The summed E-state index contributed by atoms with van der Waals surface area (Å²) in [4.78, 5) is 0. The van der Waals surface area contributed by atoms with Crippen LogP contribution in [-0.2, 0) is 0 Å². The molecule has 0 N–H and O–H groups in total. The van der Waals surface area contributed by atoms with E-state index >= 15 is 0 Å². The molecule has 0 spiro atoms. The van der Waals surface area contributed by atoms with Gasteiger partial charge in [-0.15, -0.1) is 0 Å². The lowest BCUT2D eigenvalue weighted by molar-refractivity contribution is 0.410. The summed E-state index contributed by atoms with van der Waals surface area (Å²) in [6.45, 7) is 11.3. The van der Waals surface area contributed by atoms with Crippen molar-refractivity contribution in [1.29, 1.82) is 0 Å². The van der Waals surface area contributed by atoms with Crippen LogP contribution in [0.3, 0.4) is 0 Å². The highest BCUT2D eigenvalue weighted by molar-refractivity contribution is 5.02. The molecule has 0 aliphatic carbocycles. The first-order chi connectivity index (χ1) is 5.13. The molecule has 0 fully saturated rings. The van der Waals surface area contributed by atoms with Crippen molar-refractivity contribution in [2.75, 3.05) is 0 Å². The molecule has 0 saturated carbocycles. The summed E-state index contributed by atoms with van der Waals surface area (Å²) >= 11 is 0. The molecule has 0 saturated heterocycles. The number of allylic oxidation sites excluding steroid dienone is 2. The van der Waals surface area contributed by atoms with E-state index in [-0.39, 0.29) is 0 Å². The summed E-state index contributed by atoms with van der Waals surface area (Å²) in [6.07, 6.45) is 4.89. The minimum atomic E-state index is 0.797. The molecule has 0 aromatic carbocycles. The van der Waals surface area contributed by atoms with E-state index < -0.39 is 0 Å². The van der Waals surface area contributed by atoms with Gasteiger partial charge in [-0.2, -0.15) is 0 Å². The highest BCUT2D eigenvalue weighted by Gasteiger charge is 2.12. The molecule has 0 aromatic rings. The molecule has 0 heterocycles. The van der Waals surface area contributed by atoms with Gasteiger partial charge in [0.25, 0.3) is 0 Å². The van der Waals surface area contributed by atoms with Crippen LogP contribution >= 0.6 is 0 Å². The van der Waals surface area contributed by atoms with E-state index in [0.717, 1.165) is 11.8 Å². The first-order valence-electron chi connectivity index (χ1n) is 4.76. The summed E-state index contributed by atoms with van der Waals surface area (Å²) in [5.74, 6) is 1.61. The molecule has 1 unspecified atom stereocenters. The van der Waals surface area contributed by atoms with E-state index in [2.05, 4.69) is 40.7 Å². The number of hydrogen-bond donors (Lipinski definition) is 0. The van der Waals surface area contributed by atoms with Gasteiger partial charge in [0.2, 0.25) is 0 Å². The SMILES string of the molecule is C/C=C(/C)C(CCC)C(C)C. The monoisotopic (exact) mass is 154 g/mol. The van der Waals surface area contributed by atoms with Gasteiger partial charge < -0.3 is 0 Å². The van der Waals surface area contributed by atoms with Crippen molar-refractivity contribution in [3.63, 3.8) is 0 Å². The zero-order valence-corrected chi connectivity index (χ0v) is 8.65. The van der Waals surface area contributed by atoms with E-state index in [1.165, 1.54) is 12.8 Å². The van der Waals surface area contributed by atoms with Crippen molar-refractivity contribution in [3.05, 3.63) is 11.6 Å². The molecule has 0 nitrogen and oxygen atoms in total. The van der Waals surface area contributed by atoms with Crippen LogP contribution in [-0.4, -0.2) is 0 Å². The van der Waals surface area contributed by atoms with E-state index in [9.17, 15) is 0 Å². The normalized spacial score (nSPS) is 15.6. The fourth-order valence-corrected chi connectivity index (χ4v) is 1.61. The molecular formula is C11H22. The Morgan fingerprint density at radius 1 is 1.36 bits per heavy atom. The highest BCUT2D eigenvalue weighted by atomic mass is 14.2. The predicted molar refractivity (Wildman–Crippen MR) is 52.7 cm³/mol. The van der Waals surface area contributed by atoms with Gasteiger partial charge in [0, 0.05) is 0 Å². The third-order valence-corrected chi connectivity index (χ3v) is 2.44. The summed E-state index contributed by atoms with van der Waals surface area (Å²) in [5.41, 5.74) is 1.56. The van der Waals surface area contributed by atoms with E-state index in [1.54, 1.807) is 5.57 Å². The Kier molecular flexibility index (Phi) is 5.27. The Morgan fingerprint density at radius 3 is 2.18 bits per heavy atom. The van der Waals surface area contributed by atoms with Crippen LogP contribution in [0.2, 0.25) is 0 Å². The molecule has 1 atom stereocenters. The zero-order chi connectivity index (χ0) is 8.85. The Balaban J connectivity index is 4.10. The molecular weight excluding hydrogens is 132 g/mol. The fourth-order valence-electron chi connectivity index (χ4n) is 1.61. The Morgan fingerprint density at radius 2 is 1.91 bits per heavy atom. The topological polar surface area (TPSA) is 0 Å². The molecule has 0 aliphatic rings. The summed E-state index contributed by atoms with van der Waals surface area (Å²) in [5, 5.41) is 0. The van der Waals surface area contributed by atoms with Crippen LogP contribution in [0.25, 0.3) is 0 Å². The minimum absolute atomic E-state index is 0.797. The molecule has 0 aliphatic heterocycles. The maximum atomic E-state index is 2.31. The molecule has 0 amide bonds. The van der Waals surface area contributed by atoms with Crippen molar-refractivity contribution >= 4 is 0 Å². The molecule has 0 heteroatoms. The lowest BCUT2D eigenvalue weighted by atomic mass is 9.85. The van der Waals surface area contributed by atoms with Gasteiger partial charge in [0.05, 0.1) is 0 Å². The summed E-state index contributed by atoms with van der Waals surface area (Å²) < 4.78 is 0. The average molecular weight is 154 g/mol. The maximum absolute atomic E-state index is 2.31.